The molecule has 0 radical (unpaired) electrons. The summed E-state index contributed by atoms with van der Waals surface area (Å²) in [7, 11) is 0. The van der Waals surface area contributed by atoms with Crippen LogP contribution in [0.15, 0.2) is 18.2 Å². The molecule has 19 heavy (non-hydrogen) atoms. The molecule has 0 unspecified atom stereocenters. The quantitative estimate of drug-likeness (QED) is 0.532. The molecule has 102 valence electrons. The van der Waals surface area contributed by atoms with Crippen molar-refractivity contribution in [2.24, 2.45) is 5.73 Å². The Labute approximate surface area is 107 Å². The fourth-order valence-electron chi connectivity index (χ4n) is 1.35. The summed E-state index contributed by atoms with van der Waals surface area (Å²) >= 11 is 0. The van der Waals surface area contributed by atoms with Crippen LogP contribution in [0, 0.1) is 5.82 Å². The Morgan fingerprint density at radius 3 is 2.47 bits per heavy atom. The predicted molar refractivity (Wildman–Crippen MR) is 63.5 cm³/mol. The molecule has 2 amide bonds. The van der Waals surface area contributed by atoms with Crippen molar-refractivity contribution < 1.29 is 23.9 Å². The van der Waals surface area contributed by atoms with Gasteiger partial charge in [0, 0.05) is 5.69 Å². The monoisotopic (exact) mass is 269 g/mol. The first kappa shape index (κ1) is 14.4. The summed E-state index contributed by atoms with van der Waals surface area (Å²) in [6, 6.07) is 1.83. The Morgan fingerprint density at radius 1 is 1.37 bits per heavy atom. The highest BCUT2D eigenvalue weighted by molar-refractivity contribution is 5.98. The molecule has 0 aliphatic carbocycles. The molecular formula is C11H12FN3O4. The van der Waals surface area contributed by atoms with Crippen molar-refractivity contribution in [2.45, 2.75) is 12.5 Å². The smallest absolute Gasteiger partial charge is 0.326 e. The molecule has 7 nitrogen and oxygen atoms in total. The van der Waals surface area contributed by atoms with Crippen LogP contribution in [0.25, 0.3) is 0 Å². The van der Waals surface area contributed by atoms with Gasteiger partial charge in [-0.1, -0.05) is 0 Å². The van der Waals surface area contributed by atoms with Gasteiger partial charge in [0.2, 0.25) is 5.91 Å². The minimum absolute atomic E-state index is 0.126. The first-order valence-electron chi connectivity index (χ1n) is 5.18. The number of anilines is 1. The largest absolute Gasteiger partial charge is 0.480 e. The van der Waals surface area contributed by atoms with E-state index in [4.69, 9.17) is 16.6 Å². The summed E-state index contributed by atoms with van der Waals surface area (Å²) in [6.45, 7) is 0. The molecular weight excluding hydrogens is 257 g/mol. The second kappa shape index (κ2) is 5.80. The number of carbonyl (C=O) groups excluding carboxylic acids is 2. The van der Waals surface area contributed by atoms with Crippen LogP contribution in [-0.4, -0.2) is 28.9 Å². The molecule has 0 heterocycles. The molecule has 0 saturated heterocycles. The summed E-state index contributed by atoms with van der Waals surface area (Å²) in [4.78, 5) is 33.1. The molecule has 0 bridgehead atoms. The van der Waals surface area contributed by atoms with Crippen LogP contribution in [0.5, 0.6) is 0 Å². The highest BCUT2D eigenvalue weighted by Crippen LogP contribution is 2.12. The molecule has 6 N–H and O–H groups in total. The minimum atomic E-state index is -1.51. The summed E-state index contributed by atoms with van der Waals surface area (Å²) in [5.41, 5.74) is 9.92. The summed E-state index contributed by atoms with van der Waals surface area (Å²) in [6.07, 6.45) is -0.586. The van der Waals surface area contributed by atoms with Crippen molar-refractivity contribution in [1.29, 1.82) is 0 Å². The number of aliphatic carboxylic acids is 1. The Hall–Kier alpha value is -2.64. The van der Waals surface area contributed by atoms with E-state index < -0.39 is 36.1 Å². The second-order valence-corrected chi connectivity index (χ2v) is 3.77. The van der Waals surface area contributed by atoms with Crippen LogP contribution >= 0.6 is 0 Å². The lowest BCUT2D eigenvalue weighted by molar-refractivity contribution is -0.140. The number of nitrogens with one attached hydrogen (secondary N) is 1. The van der Waals surface area contributed by atoms with Crippen LogP contribution in [0.1, 0.15) is 16.8 Å². The van der Waals surface area contributed by atoms with Gasteiger partial charge in [0.1, 0.15) is 11.9 Å². The number of nitrogen functional groups attached to an aromatic ring is 1. The number of hydrogen-bond donors (Lipinski definition) is 4. The van der Waals surface area contributed by atoms with Gasteiger partial charge in [0.15, 0.2) is 0 Å². The molecule has 0 spiro atoms. The number of carboxylic acids is 1. The SMILES string of the molecule is NC(=O)C[C@H](NC(=O)c1ccc(N)cc1F)C(=O)O. The van der Waals surface area contributed by atoms with Gasteiger partial charge < -0.3 is 21.9 Å². The zero-order valence-corrected chi connectivity index (χ0v) is 9.72. The Kier molecular flexibility index (Phi) is 4.41. The molecule has 1 atom stereocenters. The summed E-state index contributed by atoms with van der Waals surface area (Å²) in [5, 5.41) is 10.8. The summed E-state index contributed by atoms with van der Waals surface area (Å²) in [5.74, 6) is -4.19. The van der Waals surface area contributed by atoms with Crippen LogP contribution in [0.3, 0.4) is 0 Å². The van der Waals surface area contributed by atoms with Gasteiger partial charge in [0.25, 0.3) is 5.91 Å². The van der Waals surface area contributed by atoms with Crippen LogP contribution in [-0.2, 0) is 9.59 Å². The topological polar surface area (TPSA) is 136 Å². The van der Waals surface area contributed by atoms with E-state index in [0.29, 0.717) is 0 Å². The van der Waals surface area contributed by atoms with Gasteiger partial charge in [0.05, 0.1) is 12.0 Å². The number of primary amides is 1. The van der Waals surface area contributed by atoms with Crippen molar-refractivity contribution in [3.63, 3.8) is 0 Å². The second-order valence-electron chi connectivity index (χ2n) is 3.77. The standard InChI is InChI=1S/C11H12FN3O4/c12-7-3-5(13)1-2-6(7)10(17)15-8(11(18)19)4-9(14)16/h1-3,8H,4,13H2,(H2,14,16)(H,15,17)(H,18,19)/t8-/m0/s1. The van der Waals surface area contributed by atoms with Crippen molar-refractivity contribution >= 4 is 23.5 Å². The van der Waals surface area contributed by atoms with Crippen LogP contribution in [0.4, 0.5) is 10.1 Å². The van der Waals surface area contributed by atoms with E-state index in [1.54, 1.807) is 0 Å². The van der Waals surface area contributed by atoms with Gasteiger partial charge >= 0.3 is 5.97 Å². The zero-order chi connectivity index (χ0) is 14.6. The molecule has 8 heteroatoms. The number of carbonyl (C=O) groups is 3. The van der Waals surface area contributed by atoms with Gasteiger partial charge in [-0.3, -0.25) is 9.59 Å². The molecule has 1 rings (SSSR count). The van der Waals surface area contributed by atoms with Gasteiger partial charge in [-0.05, 0) is 18.2 Å². The zero-order valence-electron chi connectivity index (χ0n) is 9.72. The maximum absolute atomic E-state index is 13.4. The Bertz CT molecular complexity index is 533. The fourth-order valence-corrected chi connectivity index (χ4v) is 1.35. The highest BCUT2D eigenvalue weighted by Gasteiger charge is 2.23. The van der Waals surface area contributed by atoms with E-state index in [2.05, 4.69) is 0 Å². The van der Waals surface area contributed by atoms with Crippen molar-refractivity contribution in [2.75, 3.05) is 5.73 Å². The van der Waals surface area contributed by atoms with Gasteiger partial charge in [-0.25, -0.2) is 9.18 Å². The lowest BCUT2D eigenvalue weighted by Crippen LogP contribution is -2.43. The van der Waals surface area contributed by atoms with Crippen molar-refractivity contribution in [1.82, 2.24) is 5.32 Å². The fraction of sp³-hybridized carbons (Fsp3) is 0.182. The molecule has 0 saturated carbocycles. The lowest BCUT2D eigenvalue weighted by atomic mass is 10.1. The minimum Gasteiger partial charge on any atom is -0.480 e. The number of carboxylic acid groups (broad SMARTS) is 1. The summed E-state index contributed by atoms with van der Waals surface area (Å²) < 4.78 is 13.4. The van der Waals surface area contributed by atoms with E-state index in [-0.39, 0.29) is 11.3 Å². The predicted octanol–water partition coefficient (Wildman–Crippen LogP) is -0.534. The number of halogens is 1. The lowest BCUT2D eigenvalue weighted by Gasteiger charge is -2.13. The average molecular weight is 269 g/mol. The normalized spacial score (nSPS) is 11.6. The maximum atomic E-state index is 13.4. The highest BCUT2D eigenvalue weighted by atomic mass is 19.1. The maximum Gasteiger partial charge on any atom is 0.326 e. The van der Waals surface area contributed by atoms with Gasteiger partial charge in [-0.15, -0.1) is 0 Å². The van der Waals surface area contributed by atoms with Crippen molar-refractivity contribution in [3.05, 3.63) is 29.6 Å². The third kappa shape index (κ3) is 3.95. The molecule has 0 aliphatic rings. The first-order valence-corrected chi connectivity index (χ1v) is 5.18. The van der Waals surface area contributed by atoms with Crippen LogP contribution < -0.4 is 16.8 Å². The van der Waals surface area contributed by atoms with E-state index in [1.165, 1.54) is 6.07 Å². The number of rotatable bonds is 5. The number of amides is 2. The molecule has 1 aromatic carbocycles. The number of hydrogen-bond acceptors (Lipinski definition) is 4. The molecule has 0 fully saturated rings. The van der Waals surface area contributed by atoms with E-state index >= 15 is 0 Å². The molecule has 1 aromatic rings. The molecule has 0 aliphatic heterocycles. The molecule has 0 aromatic heterocycles. The van der Waals surface area contributed by atoms with E-state index in [0.717, 1.165) is 12.1 Å². The Morgan fingerprint density at radius 2 is 2.00 bits per heavy atom. The number of nitrogens with two attached hydrogens (primary N) is 2. The van der Waals surface area contributed by atoms with E-state index in [9.17, 15) is 18.8 Å². The third-order valence-corrected chi connectivity index (χ3v) is 2.25. The third-order valence-electron chi connectivity index (χ3n) is 2.25. The number of benzene rings is 1. The van der Waals surface area contributed by atoms with Gasteiger partial charge in [-0.2, -0.15) is 0 Å². The van der Waals surface area contributed by atoms with Crippen molar-refractivity contribution in [3.8, 4) is 0 Å². The van der Waals surface area contributed by atoms with E-state index in [1.807, 2.05) is 5.32 Å². The average Bonchev–Trinajstić information content (AvgIpc) is 2.26. The Balaban J connectivity index is 2.87. The van der Waals surface area contributed by atoms with Crippen LogP contribution in [0.2, 0.25) is 0 Å². The first-order chi connectivity index (χ1) is 8.81.